The first-order valence-corrected chi connectivity index (χ1v) is 9.41. The number of aliphatic hydroxyl groups is 1. The van der Waals surface area contributed by atoms with E-state index in [1.54, 1.807) is 13.0 Å². The van der Waals surface area contributed by atoms with Gasteiger partial charge in [-0.15, -0.1) is 11.3 Å². The number of rotatable bonds is 4. The number of thiophene rings is 1. The van der Waals surface area contributed by atoms with E-state index in [2.05, 4.69) is 0 Å². The topological polar surface area (TPSA) is 64.2 Å². The molecule has 0 aliphatic rings. The van der Waals surface area contributed by atoms with Crippen molar-refractivity contribution in [2.75, 3.05) is 6.61 Å². The van der Waals surface area contributed by atoms with Crippen LogP contribution in [0.25, 0.3) is 20.7 Å². The molecule has 5 nitrogen and oxygen atoms in total. The average Bonchev–Trinajstić information content (AvgIpc) is 2.97. The second kappa shape index (κ2) is 7.21. The monoisotopic (exact) mass is 412 g/mol. The maximum atomic E-state index is 13.3. The number of aliphatic hydroxyl groups excluding tert-OH is 1. The van der Waals surface area contributed by atoms with Crippen molar-refractivity contribution < 1.29 is 18.3 Å². The summed E-state index contributed by atoms with van der Waals surface area (Å²) >= 11 is 1.12. The van der Waals surface area contributed by atoms with Crippen molar-refractivity contribution in [3.63, 3.8) is 0 Å². The van der Waals surface area contributed by atoms with E-state index in [0.717, 1.165) is 22.0 Å². The molecule has 0 bridgehead atoms. The number of nitrogens with zero attached hydrogens (tertiary/aromatic N) is 2. The lowest BCUT2D eigenvalue weighted by Crippen LogP contribution is -2.39. The van der Waals surface area contributed by atoms with Gasteiger partial charge in [0.05, 0.1) is 10.9 Å². The van der Waals surface area contributed by atoms with E-state index in [4.69, 9.17) is 5.11 Å². The summed E-state index contributed by atoms with van der Waals surface area (Å²) < 4.78 is 42.2. The molecule has 28 heavy (non-hydrogen) atoms. The van der Waals surface area contributed by atoms with E-state index < -0.39 is 23.0 Å². The molecular weight excluding hydrogens is 393 g/mol. The summed E-state index contributed by atoms with van der Waals surface area (Å²) in [5, 5.41) is 9.31. The number of benzene rings is 1. The molecule has 1 aromatic carbocycles. The molecule has 2 heterocycles. The van der Waals surface area contributed by atoms with Gasteiger partial charge in [0, 0.05) is 25.1 Å². The van der Waals surface area contributed by atoms with Crippen molar-refractivity contribution in [3.8, 4) is 10.4 Å². The third kappa shape index (κ3) is 3.29. The summed E-state index contributed by atoms with van der Waals surface area (Å²) in [6, 6.07) is 4.07. The molecule has 0 fully saturated rings. The number of alkyl halides is 3. The number of fused-ring (bicyclic) bond motifs is 1. The van der Waals surface area contributed by atoms with Crippen molar-refractivity contribution in [3.05, 3.63) is 55.7 Å². The van der Waals surface area contributed by atoms with Crippen LogP contribution in [0.5, 0.6) is 0 Å². The van der Waals surface area contributed by atoms with Crippen LogP contribution in [0.2, 0.25) is 0 Å². The van der Waals surface area contributed by atoms with Gasteiger partial charge in [0.25, 0.3) is 5.56 Å². The molecule has 3 rings (SSSR count). The summed E-state index contributed by atoms with van der Waals surface area (Å²) in [7, 11) is 1.52. The molecular formula is C19H19F3N2O3S. The fourth-order valence-corrected chi connectivity index (χ4v) is 4.50. The Bertz CT molecular complexity index is 1170. The summed E-state index contributed by atoms with van der Waals surface area (Å²) in [6.07, 6.45) is -4.22. The number of halogens is 3. The molecule has 0 aliphatic heterocycles. The molecule has 0 saturated carbocycles. The Morgan fingerprint density at radius 3 is 2.46 bits per heavy atom. The van der Waals surface area contributed by atoms with Crippen LogP contribution in [0.1, 0.15) is 23.1 Å². The van der Waals surface area contributed by atoms with Crippen LogP contribution >= 0.6 is 11.3 Å². The summed E-state index contributed by atoms with van der Waals surface area (Å²) in [4.78, 5) is 26.3. The molecule has 2 aromatic heterocycles. The first kappa shape index (κ1) is 20.3. The molecule has 0 amide bonds. The summed E-state index contributed by atoms with van der Waals surface area (Å²) in [6.45, 7) is 2.98. The Morgan fingerprint density at radius 1 is 1.18 bits per heavy atom. The van der Waals surface area contributed by atoms with Crippen LogP contribution in [0.4, 0.5) is 13.2 Å². The highest BCUT2D eigenvalue weighted by molar-refractivity contribution is 7.22. The fourth-order valence-electron chi connectivity index (χ4n) is 3.25. The van der Waals surface area contributed by atoms with Gasteiger partial charge >= 0.3 is 11.9 Å². The van der Waals surface area contributed by atoms with Crippen LogP contribution in [-0.4, -0.2) is 20.8 Å². The van der Waals surface area contributed by atoms with Gasteiger partial charge in [-0.05, 0) is 43.0 Å². The average molecular weight is 412 g/mol. The second-order valence-corrected chi connectivity index (χ2v) is 7.64. The first-order valence-electron chi connectivity index (χ1n) is 8.60. The zero-order valence-corrected chi connectivity index (χ0v) is 16.4. The van der Waals surface area contributed by atoms with E-state index in [1.807, 2.05) is 0 Å². The van der Waals surface area contributed by atoms with E-state index in [1.165, 1.54) is 24.6 Å². The quantitative estimate of drug-likeness (QED) is 0.714. The van der Waals surface area contributed by atoms with Crippen molar-refractivity contribution >= 4 is 21.6 Å². The third-order valence-electron chi connectivity index (χ3n) is 4.75. The van der Waals surface area contributed by atoms with Crippen LogP contribution < -0.4 is 11.2 Å². The van der Waals surface area contributed by atoms with E-state index in [0.29, 0.717) is 26.2 Å². The van der Waals surface area contributed by atoms with Gasteiger partial charge in [-0.1, -0.05) is 12.1 Å². The molecule has 1 N–H and O–H groups in total. The Hall–Kier alpha value is -2.39. The SMILES string of the molecule is Cc1ccc(-c2sc3c(c2C)c(=O)n(CCCO)c(=O)n3C)cc1C(F)(F)F. The van der Waals surface area contributed by atoms with Gasteiger partial charge in [0.15, 0.2) is 0 Å². The van der Waals surface area contributed by atoms with Crippen LogP contribution in [0.3, 0.4) is 0 Å². The van der Waals surface area contributed by atoms with Crippen molar-refractivity contribution in [2.24, 2.45) is 7.05 Å². The predicted molar refractivity (Wildman–Crippen MR) is 103 cm³/mol. The minimum Gasteiger partial charge on any atom is -0.396 e. The molecule has 3 aromatic rings. The van der Waals surface area contributed by atoms with Gasteiger partial charge in [-0.2, -0.15) is 13.2 Å². The molecule has 150 valence electrons. The Balaban J connectivity index is 2.30. The van der Waals surface area contributed by atoms with Crippen LogP contribution in [0, 0.1) is 13.8 Å². The zero-order chi connectivity index (χ0) is 20.8. The molecule has 0 spiro atoms. The van der Waals surface area contributed by atoms with Crippen LogP contribution in [-0.2, 0) is 19.8 Å². The summed E-state index contributed by atoms with van der Waals surface area (Å²) in [5.74, 6) is 0. The van der Waals surface area contributed by atoms with Gasteiger partial charge in [0.1, 0.15) is 4.83 Å². The number of aryl methyl sites for hydroxylation is 3. The maximum absolute atomic E-state index is 13.3. The maximum Gasteiger partial charge on any atom is 0.416 e. The molecule has 0 radical (unpaired) electrons. The van der Waals surface area contributed by atoms with Crippen molar-refractivity contribution in [1.82, 2.24) is 9.13 Å². The normalized spacial score (nSPS) is 12.1. The minimum absolute atomic E-state index is 0.0747. The Labute approximate surface area is 162 Å². The van der Waals surface area contributed by atoms with Gasteiger partial charge in [-0.3, -0.25) is 13.9 Å². The van der Waals surface area contributed by atoms with Gasteiger partial charge in [0.2, 0.25) is 0 Å². The lowest BCUT2D eigenvalue weighted by atomic mass is 10.0. The second-order valence-electron chi connectivity index (χ2n) is 6.64. The summed E-state index contributed by atoms with van der Waals surface area (Å²) in [5.41, 5.74) is -0.723. The predicted octanol–water partition coefficient (Wildman–Crippen LogP) is 3.45. The van der Waals surface area contributed by atoms with Crippen molar-refractivity contribution in [2.45, 2.75) is 33.0 Å². The highest BCUT2D eigenvalue weighted by Crippen LogP contribution is 2.39. The minimum atomic E-state index is -4.48. The third-order valence-corrected chi connectivity index (χ3v) is 6.17. The van der Waals surface area contributed by atoms with E-state index in [-0.39, 0.29) is 25.1 Å². The Kier molecular flexibility index (Phi) is 5.24. The smallest absolute Gasteiger partial charge is 0.396 e. The Morgan fingerprint density at radius 2 is 1.86 bits per heavy atom. The molecule has 0 unspecified atom stereocenters. The number of hydrogen-bond donors (Lipinski definition) is 1. The standard InChI is InChI=1S/C19H19F3N2O3S/c1-10-5-6-12(9-13(10)19(20,21)22)15-11(2)14-16(26)24(7-4-8-25)18(27)23(3)17(14)28-15/h5-6,9,25H,4,7-8H2,1-3H3. The van der Waals surface area contributed by atoms with Crippen LogP contribution in [0.15, 0.2) is 27.8 Å². The molecule has 9 heteroatoms. The highest BCUT2D eigenvalue weighted by atomic mass is 32.1. The molecule has 0 saturated heterocycles. The van der Waals surface area contributed by atoms with Gasteiger partial charge in [-0.25, -0.2) is 4.79 Å². The number of aromatic nitrogens is 2. The lowest BCUT2D eigenvalue weighted by Gasteiger charge is -2.11. The molecule has 0 aliphatic carbocycles. The lowest BCUT2D eigenvalue weighted by molar-refractivity contribution is -0.138. The fraction of sp³-hybridized carbons (Fsp3) is 0.368. The van der Waals surface area contributed by atoms with Crippen molar-refractivity contribution in [1.29, 1.82) is 0 Å². The molecule has 0 atom stereocenters. The van der Waals surface area contributed by atoms with E-state index >= 15 is 0 Å². The van der Waals surface area contributed by atoms with Gasteiger partial charge < -0.3 is 5.11 Å². The zero-order valence-electron chi connectivity index (χ0n) is 15.6. The first-order chi connectivity index (χ1) is 13.1. The van der Waals surface area contributed by atoms with E-state index in [9.17, 15) is 22.8 Å². The largest absolute Gasteiger partial charge is 0.416 e. The number of hydrogen-bond acceptors (Lipinski definition) is 4. The highest BCUT2D eigenvalue weighted by Gasteiger charge is 2.33.